The molecule has 0 aliphatic carbocycles. The lowest BCUT2D eigenvalue weighted by Gasteiger charge is -2.03. The molecule has 0 aliphatic heterocycles. The van der Waals surface area contributed by atoms with Gasteiger partial charge in [-0.3, -0.25) is 9.59 Å². The number of nitrogens with zero attached hydrogens (tertiary/aromatic N) is 2. The van der Waals surface area contributed by atoms with E-state index in [-0.39, 0.29) is 13.2 Å². The van der Waals surface area contributed by atoms with Crippen molar-refractivity contribution < 1.29 is 14.3 Å². The van der Waals surface area contributed by atoms with Crippen LogP contribution in [0.5, 0.6) is 0 Å². The maximum absolute atomic E-state index is 11.6. The SMILES string of the molecule is O=C(COCC(=O)NN=Cc1ccc(Cl)cc1Cl)NN=Cc1ccc(Cl)cc1Cl. The number of nitrogens with one attached hydrogen (secondary N) is 2. The first kappa shape index (κ1) is 23.1. The third-order valence-electron chi connectivity index (χ3n) is 3.18. The molecule has 0 heterocycles. The molecule has 0 radical (unpaired) electrons. The van der Waals surface area contributed by atoms with E-state index in [1.807, 2.05) is 0 Å². The van der Waals surface area contributed by atoms with Crippen molar-refractivity contribution in [2.45, 2.75) is 0 Å². The van der Waals surface area contributed by atoms with Crippen molar-refractivity contribution in [2.24, 2.45) is 10.2 Å². The first-order chi connectivity index (χ1) is 13.8. The average molecular weight is 476 g/mol. The predicted molar refractivity (Wildman–Crippen MR) is 115 cm³/mol. The fourth-order valence-corrected chi connectivity index (χ4v) is 2.78. The molecule has 2 amide bonds. The summed E-state index contributed by atoms with van der Waals surface area (Å²) in [4.78, 5) is 23.3. The van der Waals surface area contributed by atoms with E-state index < -0.39 is 11.8 Å². The molecule has 0 saturated carbocycles. The molecule has 7 nitrogen and oxygen atoms in total. The minimum absolute atomic E-state index is 0.369. The Hall–Kier alpha value is -2.16. The molecule has 29 heavy (non-hydrogen) atoms. The van der Waals surface area contributed by atoms with Crippen LogP contribution < -0.4 is 10.9 Å². The second kappa shape index (κ2) is 11.7. The van der Waals surface area contributed by atoms with E-state index in [1.165, 1.54) is 12.4 Å². The van der Waals surface area contributed by atoms with Crippen molar-refractivity contribution in [1.82, 2.24) is 10.9 Å². The number of carbonyl (C=O) groups is 2. The molecular formula is C18H14Cl4N4O3. The summed E-state index contributed by atoms with van der Waals surface area (Å²) in [6, 6.07) is 9.69. The van der Waals surface area contributed by atoms with Crippen LogP contribution in [0.2, 0.25) is 20.1 Å². The second-order valence-corrected chi connectivity index (χ2v) is 7.10. The second-order valence-electron chi connectivity index (χ2n) is 5.41. The van der Waals surface area contributed by atoms with Crippen LogP contribution in [0.15, 0.2) is 46.6 Å². The van der Waals surface area contributed by atoms with Crippen LogP contribution in [0.4, 0.5) is 0 Å². The maximum atomic E-state index is 11.6. The lowest BCUT2D eigenvalue weighted by molar-refractivity contribution is -0.130. The Kier molecular flexibility index (Phi) is 9.37. The molecule has 2 aromatic rings. The molecule has 0 fully saturated rings. The molecule has 0 spiro atoms. The van der Waals surface area contributed by atoms with Gasteiger partial charge in [-0.25, -0.2) is 10.9 Å². The number of rotatable bonds is 8. The fraction of sp³-hybridized carbons (Fsp3) is 0.111. The van der Waals surface area contributed by atoms with Gasteiger partial charge in [0.15, 0.2) is 0 Å². The third-order valence-corrected chi connectivity index (χ3v) is 4.30. The maximum Gasteiger partial charge on any atom is 0.266 e. The van der Waals surface area contributed by atoms with Crippen molar-refractivity contribution in [2.75, 3.05) is 13.2 Å². The van der Waals surface area contributed by atoms with Gasteiger partial charge in [0.25, 0.3) is 11.8 Å². The Labute approximate surface area is 186 Å². The smallest absolute Gasteiger partial charge is 0.266 e. The third kappa shape index (κ3) is 8.39. The Morgan fingerprint density at radius 3 is 1.59 bits per heavy atom. The Balaban J connectivity index is 1.68. The van der Waals surface area contributed by atoms with E-state index in [4.69, 9.17) is 51.1 Å². The molecule has 11 heteroatoms. The van der Waals surface area contributed by atoms with E-state index in [0.717, 1.165) is 0 Å². The Morgan fingerprint density at radius 1 is 0.793 bits per heavy atom. The number of carbonyl (C=O) groups excluding carboxylic acids is 2. The van der Waals surface area contributed by atoms with E-state index in [0.29, 0.717) is 31.2 Å². The summed E-state index contributed by atoms with van der Waals surface area (Å²) in [7, 11) is 0. The minimum Gasteiger partial charge on any atom is -0.362 e. The van der Waals surface area contributed by atoms with E-state index in [9.17, 15) is 9.59 Å². The number of hydrogen-bond acceptors (Lipinski definition) is 5. The molecule has 0 bridgehead atoms. The van der Waals surface area contributed by atoms with Gasteiger partial charge >= 0.3 is 0 Å². The van der Waals surface area contributed by atoms with Crippen molar-refractivity contribution in [3.8, 4) is 0 Å². The van der Waals surface area contributed by atoms with Crippen LogP contribution in [0.25, 0.3) is 0 Å². The summed E-state index contributed by atoms with van der Waals surface area (Å²) in [5.74, 6) is -1.09. The van der Waals surface area contributed by atoms with Gasteiger partial charge < -0.3 is 4.74 Å². The monoisotopic (exact) mass is 474 g/mol. The molecule has 0 aromatic heterocycles. The first-order valence-corrected chi connectivity index (χ1v) is 9.48. The van der Waals surface area contributed by atoms with Crippen molar-refractivity contribution in [3.63, 3.8) is 0 Å². The fourth-order valence-electron chi connectivity index (χ4n) is 1.86. The van der Waals surface area contributed by atoms with E-state index in [2.05, 4.69) is 21.1 Å². The number of amides is 2. The highest BCUT2D eigenvalue weighted by molar-refractivity contribution is 6.36. The summed E-state index contributed by atoms with van der Waals surface area (Å²) in [5, 5.41) is 9.26. The molecule has 0 unspecified atom stereocenters. The summed E-state index contributed by atoms with van der Waals surface area (Å²) >= 11 is 23.5. The summed E-state index contributed by atoms with van der Waals surface area (Å²) in [5.41, 5.74) is 5.66. The van der Waals surface area contributed by atoms with Crippen LogP contribution in [-0.2, 0) is 14.3 Å². The van der Waals surface area contributed by atoms with E-state index in [1.54, 1.807) is 36.4 Å². The van der Waals surface area contributed by atoms with Crippen LogP contribution in [0.3, 0.4) is 0 Å². The molecule has 0 saturated heterocycles. The lowest BCUT2D eigenvalue weighted by atomic mass is 10.2. The van der Waals surface area contributed by atoms with Gasteiger partial charge in [0, 0.05) is 21.2 Å². The molecular weight excluding hydrogens is 462 g/mol. The van der Waals surface area contributed by atoms with Crippen molar-refractivity contribution >= 4 is 70.6 Å². The molecule has 2 rings (SSSR count). The topological polar surface area (TPSA) is 92.2 Å². The Morgan fingerprint density at radius 2 is 1.21 bits per heavy atom. The average Bonchev–Trinajstić information content (AvgIpc) is 2.65. The number of halogens is 4. The van der Waals surface area contributed by atoms with Gasteiger partial charge in [0.05, 0.1) is 22.5 Å². The standard InChI is InChI=1S/C18H14Cl4N4O3/c19-13-3-1-11(15(21)5-13)7-23-25-17(27)9-29-10-18(28)26-24-8-12-2-4-14(20)6-16(12)22/h1-8H,9-10H2,(H,25,27)(H,26,28). The molecule has 2 aromatic carbocycles. The lowest BCUT2D eigenvalue weighted by Crippen LogP contribution is -2.28. The minimum atomic E-state index is -0.546. The predicted octanol–water partition coefficient (Wildman–Crippen LogP) is 3.92. The quantitative estimate of drug-likeness (QED) is 0.447. The first-order valence-electron chi connectivity index (χ1n) is 7.97. The molecule has 0 atom stereocenters. The Bertz CT molecular complexity index is 875. The van der Waals surface area contributed by atoms with Crippen LogP contribution in [-0.4, -0.2) is 37.5 Å². The zero-order valence-electron chi connectivity index (χ0n) is 14.7. The molecule has 0 aliphatic rings. The highest BCUT2D eigenvalue weighted by Gasteiger charge is 2.05. The van der Waals surface area contributed by atoms with Crippen LogP contribution in [0, 0.1) is 0 Å². The molecule has 2 N–H and O–H groups in total. The summed E-state index contributed by atoms with van der Waals surface area (Å²) < 4.78 is 4.98. The van der Waals surface area contributed by atoms with E-state index >= 15 is 0 Å². The highest BCUT2D eigenvalue weighted by atomic mass is 35.5. The zero-order chi connectivity index (χ0) is 21.2. The van der Waals surface area contributed by atoms with Crippen LogP contribution >= 0.6 is 46.4 Å². The van der Waals surface area contributed by atoms with Crippen molar-refractivity contribution in [1.29, 1.82) is 0 Å². The largest absolute Gasteiger partial charge is 0.362 e. The number of hydrazone groups is 2. The normalized spacial score (nSPS) is 11.2. The van der Waals surface area contributed by atoms with Crippen molar-refractivity contribution in [3.05, 3.63) is 67.6 Å². The van der Waals surface area contributed by atoms with Gasteiger partial charge in [-0.15, -0.1) is 0 Å². The number of hydrogen-bond donors (Lipinski definition) is 2. The molecule has 152 valence electrons. The van der Waals surface area contributed by atoms with Crippen LogP contribution in [0.1, 0.15) is 11.1 Å². The highest BCUT2D eigenvalue weighted by Crippen LogP contribution is 2.20. The number of ether oxygens (including phenoxy) is 1. The van der Waals surface area contributed by atoms with Gasteiger partial charge in [-0.05, 0) is 24.3 Å². The summed E-state index contributed by atoms with van der Waals surface area (Å²) in [6.45, 7) is -0.738. The van der Waals surface area contributed by atoms with Gasteiger partial charge in [-0.1, -0.05) is 58.5 Å². The zero-order valence-corrected chi connectivity index (χ0v) is 17.7. The van der Waals surface area contributed by atoms with Gasteiger partial charge in [0.1, 0.15) is 13.2 Å². The number of benzene rings is 2. The van der Waals surface area contributed by atoms with Gasteiger partial charge in [-0.2, -0.15) is 10.2 Å². The summed E-state index contributed by atoms with van der Waals surface area (Å²) in [6.07, 6.45) is 2.72. The van der Waals surface area contributed by atoms with Gasteiger partial charge in [0.2, 0.25) is 0 Å².